The van der Waals surface area contributed by atoms with Gasteiger partial charge >= 0.3 is 5.97 Å². The van der Waals surface area contributed by atoms with Crippen molar-refractivity contribution in [2.24, 2.45) is 0 Å². The van der Waals surface area contributed by atoms with Gasteiger partial charge in [-0.15, -0.1) is 0 Å². The third kappa shape index (κ3) is 21.1. The quantitative estimate of drug-likeness (QED) is 0.118. The van der Waals surface area contributed by atoms with Crippen molar-refractivity contribution in [1.82, 2.24) is 0 Å². The first kappa shape index (κ1) is 30.5. The number of unbranched alkanes of at least 4 members (excludes halogenated alkanes) is 10. The van der Waals surface area contributed by atoms with Gasteiger partial charge in [0.15, 0.2) is 0 Å². The van der Waals surface area contributed by atoms with Gasteiger partial charge in [-0.2, -0.15) is 0 Å². The van der Waals surface area contributed by atoms with E-state index in [0.717, 1.165) is 19.3 Å². The molecule has 0 saturated heterocycles. The minimum Gasteiger partial charge on any atom is -0.756 e. The van der Waals surface area contributed by atoms with Crippen molar-refractivity contribution < 1.29 is 37.6 Å². The second-order valence-corrected chi connectivity index (χ2v) is 10.5. The van der Waals surface area contributed by atoms with Gasteiger partial charge in [0.2, 0.25) is 0 Å². The summed E-state index contributed by atoms with van der Waals surface area (Å²) in [6.45, 7) is 1.77. The van der Waals surface area contributed by atoms with E-state index in [0.29, 0.717) is 11.0 Å². The lowest BCUT2D eigenvalue weighted by molar-refractivity contribution is -0.870. The van der Waals surface area contributed by atoms with Crippen molar-refractivity contribution >= 4 is 13.8 Å². The summed E-state index contributed by atoms with van der Waals surface area (Å²) in [6, 6.07) is 0. The number of carbonyl (C=O) groups is 1. The Morgan fingerprint density at radius 1 is 0.968 bits per heavy atom. The van der Waals surface area contributed by atoms with E-state index >= 15 is 0 Å². The van der Waals surface area contributed by atoms with E-state index in [1.807, 2.05) is 21.1 Å². The summed E-state index contributed by atoms with van der Waals surface area (Å²) in [5, 5.41) is 9.30. The maximum absolute atomic E-state index is 11.8. The van der Waals surface area contributed by atoms with E-state index in [1.165, 1.54) is 51.4 Å². The number of nitrogens with zero attached hydrogens (tertiary/aromatic N) is 1. The fraction of sp³-hybridized carbons (Fsp3) is 0.955. The lowest BCUT2D eigenvalue weighted by Gasteiger charge is -2.29. The maximum Gasteiger partial charge on any atom is 0.305 e. The first-order valence-corrected chi connectivity index (χ1v) is 13.3. The highest BCUT2D eigenvalue weighted by Crippen LogP contribution is 2.39. The van der Waals surface area contributed by atoms with E-state index < -0.39 is 26.5 Å². The number of likely N-dealkylation sites (N-methyl/N-ethyl adjacent to an activating group) is 1. The highest BCUT2D eigenvalue weighted by Gasteiger charge is 2.20. The molecule has 0 bridgehead atoms. The van der Waals surface area contributed by atoms with Crippen molar-refractivity contribution in [3.8, 4) is 0 Å². The summed E-state index contributed by atoms with van der Waals surface area (Å²) in [6.07, 6.45) is 12.3. The molecule has 0 aliphatic rings. The molecule has 0 aromatic rings. The number of phosphoric acid groups is 1. The highest BCUT2D eigenvalue weighted by molar-refractivity contribution is 7.45. The summed E-state index contributed by atoms with van der Waals surface area (Å²) in [5.41, 5.74) is 0. The topological polar surface area (TPSA) is 105 Å². The van der Waals surface area contributed by atoms with E-state index in [1.54, 1.807) is 0 Å². The SMILES string of the molecule is CCCCCCCCCCCCCC(=O)OCC(CO)OP(=O)([O-])OCC[N+](C)(C)C. The molecule has 0 aromatic carbocycles. The molecular formula is C22H46NO7P. The minimum atomic E-state index is -4.57. The summed E-state index contributed by atoms with van der Waals surface area (Å²) >= 11 is 0. The molecule has 0 rings (SSSR count). The van der Waals surface area contributed by atoms with Crippen LogP contribution in [0.2, 0.25) is 0 Å². The van der Waals surface area contributed by atoms with E-state index in [9.17, 15) is 19.4 Å². The molecule has 31 heavy (non-hydrogen) atoms. The first-order valence-electron chi connectivity index (χ1n) is 11.8. The Labute approximate surface area is 189 Å². The maximum atomic E-state index is 11.8. The molecule has 2 unspecified atom stereocenters. The van der Waals surface area contributed by atoms with Crippen LogP contribution in [0.4, 0.5) is 0 Å². The Morgan fingerprint density at radius 3 is 1.97 bits per heavy atom. The van der Waals surface area contributed by atoms with Crippen LogP contribution in [0.3, 0.4) is 0 Å². The third-order valence-electron chi connectivity index (χ3n) is 4.91. The number of hydrogen-bond donors (Lipinski definition) is 1. The molecule has 0 aliphatic carbocycles. The lowest BCUT2D eigenvalue weighted by Crippen LogP contribution is -2.38. The second-order valence-electron chi connectivity index (χ2n) is 9.17. The second kappa shape index (κ2) is 18.0. The molecule has 0 radical (unpaired) electrons. The highest BCUT2D eigenvalue weighted by atomic mass is 31.2. The largest absolute Gasteiger partial charge is 0.756 e. The molecule has 2 atom stereocenters. The number of carbonyl (C=O) groups excluding carboxylic acids is 1. The lowest BCUT2D eigenvalue weighted by atomic mass is 10.1. The molecule has 1 N–H and O–H groups in total. The summed E-state index contributed by atoms with van der Waals surface area (Å²) in [7, 11) is 1.15. The van der Waals surface area contributed by atoms with E-state index in [4.69, 9.17) is 13.8 Å². The van der Waals surface area contributed by atoms with Gasteiger partial charge in [-0.05, 0) is 6.42 Å². The van der Waals surface area contributed by atoms with Gasteiger partial charge in [0.25, 0.3) is 7.82 Å². The number of hydrogen-bond acceptors (Lipinski definition) is 7. The number of ether oxygens (including phenoxy) is 1. The Kier molecular flexibility index (Phi) is 17.7. The normalized spacial score (nSPS) is 14.9. The number of aliphatic hydroxyl groups is 1. The van der Waals surface area contributed by atoms with Crippen LogP contribution in [0.1, 0.15) is 84.0 Å². The van der Waals surface area contributed by atoms with Crippen molar-refractivity contribution in [3.63, 3.8) is 0 Å². The van der Waals surface area contributed by atoms with Crippen LogP contribution in [0, 0.1) is 0 Å². The van der Waals surface area contributed by atoms with Crippen molar-refractivity contribution in [2.75, 3.05) is 47.5 Å². The van der Waals surface area contributed by atoms with Gasteiger partial charge in [0, 0.05) is 6.42 Å². The van der Waals surface area contributed by atoms with Crippen LogP contribution in [-0.4, -0.2) is 69.2 Å². The predicted octanol–water partition coefficient (Wildman–Crippen LogP) is 3.80. The van der Waals surface area contributed by atoms with Gasteiger partial charge in [-0.3, -0.25) is 9.36 Å². The van der Waals surface area contributed by atoms with Crippen molar-refractivity contribution in [2.45, 2.75) is 90.1 Å². The number of phosphoric ester groups is 1. The Balaban J connectivity index is 3.80. The zero-order valence-electron chi connectivity index (χ0n) is 20.2. The van der Waals surface area contributed by atoms with Crippen LogP contribution >= 0.6 is 7.82 Å². The monoisotopic (exact) mass is 467 g/mol. The molecule has 0 spiro atoms. The molecule has 0 saturated carbocycles. The molecule has 0 fully saturated rings. The van der Waals surface area contributed by atoms with Crippen LogP contribution < -0.4 is 4.89 Å². The summed E-state index contributed by atoms with van der Waals surface area (Å²) in [5.74, 6) is -0.412. The number of quaternary nitrogens is 1. The zero-order valence-corrected chi connectivity index (χ0v) is 21.1. The average molecular weight is 468 g/mol. The Hall–Kier alpha value is -0.500. The molecule has 0 heterocycles. The van der Waals surface area contributed by atoms with E-state index in [-0.39, 0.29) is 19.6 Å². The fourth-order valence-electron chi connectivity index (χ4n) is 2.95. The molecular weight excluding hydrogens is 421 g/mol. The first-order chi connectivity index (χ1) is 14.6. The number of esters is 1. The number of rotatable bonds is 21. The molecule has 186 valence electrons. The van der Waals surface area contributed by atoms with E-state index in [2.05, 4.69) is 6.92 Å². The molecule has 0 amide bonds. The van der Waals surface area contributed by atoms with Crippen LogP contribution in [0.25, 0.3) is 0 Å². The summed E-state index contributed by atoms with van der Waals surface area (Å²) in [4.78, 5) is 23.7. The van der Waals surface area contributed by atoms with Gasteiger partial charge in [0.05, 0.1) is 27.7 Å². The predicted molar refractivity (Wildman–Crippen MR) is 120 cm³/mol. The van der Waals surface area contributed by atoms with Gasteiger partial charge in [-0.1, -0.05) is 71.1 Å². The van der Waals surface area contributed by atoms with Crippen LogP contribution in [-0.2, 0) is 23.1 Å². The fourth-order valence-corrected chi connectivity index (χ4v) is 3.81. The van der Waals surface area contributed by atoms with Gasteiger partial charge in [-0.25, -0.2) is 0 Å². The van der Waals surface area contributed by atoms with Gasteiger partial charge < -0.3 is 28.3 Å². The molecule has 9 heteroatoms. The third-order valence-corrected chi connectivity index (χ3v) is 5.96. The Morgan fingerprint density at radius 2 is 1.48 bits per heavy atom. The standard InChI is InChI=1S/C22H46NO7P/c1-5-6-7-8-9-10-11-12-13-14-15-16-22(25)28-20-21(19-24)30-31(26,27)29-18-17-23(2,3)4/h21,24H,5-20H2,1-4H3. The zero-order chi connectivity index (χ0) is 23.6. The molecule has 0 aromatic heterocycles. The average Bonchev–Trinajstić information content (AvgIpc) is 2.68. The minimum absolute atomic E-state index is 0.0267. The van der Waals surface area contributed by atoms with Crippen molar-refractivity contribution in [3.05, 3.63) is 0 Å². The van der Waals surface area contributed by atoms with Gasteiger partial charge in [0.1, 0.15) is 25.9 Å². The Bertz CT molecular complexity index is 497. The smallest absolute Gasteiger partial charge is 0.305 e. The molecule has 8 nitrogen and oxygen atoms in total. The van der Waals surface area contributed by atoms with Crippen molar-refractivity contribution in [1.29, 1.82) is 0 Å². The number of aliphatic hydroxyl groups excluding tert-OH is 1. The van der Waals surface area contributed by atoms with Crippen LogP contribution in [0.5, 0.6) is 0 Å². The summed E-state index contributed by atoms with van der Waals surface area (Å²) < 4.78 is 27.0. The van der Waals surface area contributed by atoms with Crippen LogP contribution in [0.15, 0.2) is 0 Å². The molecule has 0 aliphatic heterocycles.